The highest BCUT2D eigenvalue weighted by Gasteiger charge is 2.41. The number of benzene rings is 3. The second-order valence-corrected chi connectivity index (χ2v) is 20.9. The number of hydrogen-bond donors (Lipinski definition) is 8. The minimum atomic E-state index is -0.858. The van der Waals surface area contributed by atoms with Crippen LogP contribution in [-0.4, -0.2) is 134 Å². The summed E-state index contributed by atoms with van der Waals surface area (Å²) in [5.74, 6) is -2.34. The molecule has 410 valence electrons. The Morgan fingerprint density at radius 2 is 0.947 bits per heavy atom. The normalized spacial score (nSPS) is 20.4. The molecule has 0 saturated carbocycles. The Hall–Kier alpha value is -6.66. The van der Waals surface area contributed by atoms with Crippen molar-refractivity contribution in [2.45, 2.75) is 165 Å². The predicted molar refractivity (Wildman–Crippen MR) is 290 cm³/mol. The summed E-state index contributed by atoms with van der Waals surface area (Å²) in [6.45, 7) is 4.83. The first-order valence-corrected chi connectivity index (χ1v) is 27.8. The molecule has 0 radical (unpaired) electrons. The molecule has 18 nitrogen and oxygen atoms in total. The van der Waals surface area contributed by atoms with Crippen molar-refractivity contribution >= 4 is 47.3 Å². The highest BCUT2D eigenvalue weighted by atomic mass is 16.2. The SMILES string of the molecule is CN[C@@H](C)C(=O)N[C@@H](CCCCNC(=O)c1cccc(C(=O)NCCCC[C@H](NC(=O)[C@H](C)NC)C(=O)N2CCC[C@H]2C(=O)N[C@@H]2CCCc3ccccc32)c1)C(=O)N1CCC[C@H]1C(=O)N[C@@H]1CCCc2ccccc21. The van der Waals surface area contributed by atoms with E-state index in [2.05, 4.69) is 66.8 Å². The van der Waals surface area contributed by atoms with Crippen molar-refractivity contribution in [3.8, 4) is 0 Å². The van der Waals surface area contributed by atoms with E-state index in [1.807, 2.05) is 24.3 Å². The summed E-state index contributed by atoms with van der Waals surface area (Å²) in [4.78, 5) is 112. The van der Waals surface area contributed by atoms with Gasteiger partial charge in [-0.15, -0.1) is 0 Å². The summed E-state index contributed by atoms with van der Waals surface area (Å²) in [5, 5.41) is 23.9. The predicted octanol–water partition coefficient (Wildman–Crippen LogP) is 4.04. The highest BCUT2D eigenvalue weighted by molar-refractivity contribution is 6.00. The van der Waals surface area contributed by atoms with Crippen LogP contribution < -0.4 is 42.5 Å². The molecule has 2 aliphatic heterocycles. The molecule has 3 aromatic carbocycles. The lowest BCUT2D eigenvalue weighted by Crippen LogP contribution is -2.55. The molecule has 2 aliphatic carbocycles. The van der Waals surface area contributed by atoms with Crippen LogP contribution >= 0.6 is 0 Å². The smallest absolute Gasteiger partial charge is 0.251 e. The molecule has 7 rings (SSSR count). The fourth-order valence-corrected chi connectivity index (χ4v) is 11.1. The summed E-state index contributed by atoms with van der Waals surface area (Å²) in [6, 6.07) is 18.4. The van der Waals surface area contributed by atoms with E-state index in [1.165, 1.54) is 17.2 Å². The lowest BCUT2D eigenvalue weighted by molar-refractivity contribution is -0.142. The number of hydrogen-bond acceptors (Lipinski definition) is 10. The van der Waals surface area contributed by atoms with E-state index in [9.17, 15) is 38.4 Å². The summed E-state index contributed by atoms with van der Waals surface area (Å²) in [6.07, 6.45) is 10.6. The quantitative estimate of drug-likeness (QED) is 0.0600. The Bertz CT molecular complexity index is 2370. The highest BCUT2D eigenvalue weighted by Crippen LogP contribution is 2.32. The number of carbonyl (C=O) groups is 8. The second kappa shape index (κ2) is 27.9. The first-order chi connectivity index (χ1) is 36.8. The van der Waals surface area contributed by atoms with E-state index in [-0.39, 0.29) is 72.4 Å². The van der Waals surface area contributed by atoms with Gasteiger partial charge in [0, 0.05) is 37.3 Å². The number of likely N-dealkylation sites (N-methyl/N-ethyl adjacent to an activating group) is 2. The Labute approximate surface area is 447 Å². The van der Waals surface area contributed by atoms with Crippen molar-refractivity contribution < 1.29 is 38.4 Å². The van der Waals surface area contributed by atoms with Crippen LogP contribution in [0.3, 0.4) is 0 Å². The Balaban J connectivity index is 0.862. The van der Waals surface area contributed by atoms with Crippen LogP contribution in [0.4, 0.5) is 0 Å². The van der Waals surface area contributed by atoms with Crippen molar-refractivity contribution in [2.24, 2.45) is 0 Å². The molecular formula is C58H80N10O8. The van der Waals surface area contributed by atoms with E-state index in [0.29, 0.717) is 88.4 Å². The number of rotatable bonds is 24. The van der Waals surface area contributed by atoms with Gasteiger partial charge in [-0.3, -0.25) is 38.4 Å². The molecular weight excluding hydrogens is 965 g/mol. The van der Waals surface area contributed by atoms with E-state index < -0.39 is 36.3 Å². The molecule has 8 amide bonds. The maximum Gasteiger partial charge on any atom is 0.251 e. The molecule has 0 unspecified atom stereocenters. The monoisotopic (exact) mass is 1040 g/mol. The molecule has 18 heteroatoms. The third-order valence-electron chi connectivity index (χ3n) is 15.7. The number of unbranched alkanes of at least 4 members (excludes halogenated alkanes) is 2. The Morgan fingerprint density at radius 1 is 0.526 bits per heavy atom. The zero-order valence-electron chi connectivity index (χ0n) is 44.8. The lowest BCUT2D eigenvalue weighted by Gasteiger charge is -2.32. The molecule has 2 heterocycles. The lowest BCUT2D eigenvalue weighted by atomic mass is 9.87. The number of likely N-dealkylation sites (tertiary alicyclic amines) is 2. The van der Waals surface area contributed by atoms with Gasteiger partial charge in [0.05, 0.1) is 24.2 Å². The molecule has 0 spiro atoms. The Kier molecular flexibility index (Phi) is 21.0. The first-order valence-electron chi connectivity index (χ1n) is 27.8. The number of nitrogens with one attached hydrogen (secondary N) is 8. The van der Waals surface area contributed by atoms with Gasteiger partial charge >= 0.3 is 0 Å². The van der Waals surface area contributed by atoms with E-state index in [1.54, 1.807) is 55.9 Å². The summed E-state index contributed by atoms with van der Waals surface area (Å²) in [5.41, 5.74) is 5.31. The maximum absolute atomic E-state index is 14.2. The zero-order chi connectivity index (χ0) is 54.1. The van der Waals surface area contributed by atoms with Crippen LogP contribution in [0.5, 0.6) is 0 Å². The van der Waals surface area contributed by atoms with Gasteiger partial charge in [0.25, 0.3) is 11.8 Å². The van der Waals surface area contributed by atoms with Crippen LogP contribution in [0.25, 0.3) is 0 Å². The summed E-state index contributed by atoms with van der Waals surface area (Å²) >= 11 is 0. The van der Waals surface area contributed by atoms with E-state index >= 15 is 0 Å². The van der Waals surface area contributed by atoms with Gasteiger partial charge in [0.2, 0.25) is 35.4 Å². The van der Waals surface area contributed by atoms with Crippen molar-refractivity contribution in [3.05, 3.63) is 106 Å². The Morgan fingerprint density at radius 3 is 1.37 bits per heavy atom. The van der Waals surface area contributed by atoms with Gasteiger partial charge in [0.15, 0.2) is 0 Å². The zero-order valence-corrected chi connectivity index (χ0v) is 44.8. The van der Waals surface area contributed by atoms with Crippen LogP contribution in [0, 0.1) is 0 Å². The molecule has 0 bridgehead atoms. The minimum absolute atomic E-state index is 0.114. The van der Waals surface area contributed by atoms with Crippen molar-refractivity contribution in [2.75, 3.05) is 40.3 Å². The second-order valence-electron chi connectivity index (χ2n) is 20.9. The maximum atomic E-state index is 14.2. The van der Waals surface area contributed by atoms with Gasteiger partial charge in [-0.2, -0.15) is 0 Å². The van der Waals surface area contributed by atoms with Gasteiger partial charge in [-0.25, -0.2) is 0 Å². The van der Waals surface area contributed by atoms with Crippen LogP contribution in [-0.2, 0) is 41.6 Å². The first kappa shape index (κ1) is 57.1. The fourth-order valence-electron chi connectivity index (χ4n) is 11.1. The molecule has 76 heavy (non-hydrogen) atoms. The molecule has 4 aliphatic rings. The van der Waals surface area contributed by atoms with E-state index in [4.69, 9.17) is 0 Å². The van der Waals surface area contributed by atoms with Crippen LogP contribution in [0.2, 0.25) is 0 Å². The van der Waals surface area contributed by atoms with Gasteiger partial charge < -0.3 is 52.3 Å². The van der Waals surface area contributed by atoms with Crippen LogP contribution in [0.15, 0.2) is 72.8 Å². The molecule has 8 atom stereocenters. The van der Waals surface area contributed by atoms with Crippen molar-refractivity contribution in [1.82, 2.24) is 52.3 Å². The van der Waals surface area contributed by atoms with E-state index in [0.717, 1.165) is 49.7 Å². The van der Waals surface area contributed by atoms with Crippen LogP contribution in [0.1, 0.15) is 159 Å². The molecule has 0 aromatic heterocycles. The van der Waals surface area contributed by atoms with Gasteiger partial charge in [-0.05, 0) is 171 Å². The minimum Gasteiger partial charge on any atom is -0.352 e. The van der Waals surface area contributed by atoms with Crippen molar-refractivity contribution in [1.29, 1.82) is 0 Å². The molecule has 8 N–H and O–H groups in total. The topological polar surface area (TPSA) is 239 Å². The number of fused-ring (bicyclic) bond motifs is 2. The van der Waals surface area contributed by atoms with Gasteiger partial charge in [-0.1, -0.05) is 54.6 Å². The molecule has 3 aromatic rings. The molecule has 2 fully saturated rings. The fraction of sp³-hybridized carbons (Fsp3) is 0.552. The van der Waals surface area contributed by atoms with Gasteiger partial charge in [0.1, 0.15) is 24.2 Å². The largest absolute Gasteiger partial charge is 0.352 e. The standard InChI is InChI=1S/C58H80N10O8/c1-37(59-3)51(69)65-47(57(75)67-34-16-30-49(67)55(73)63-45-28-14-20-39-18-5-7-24-43(39)45)26-9-11-32-61-53(71)41-22-13-23-42(36-41)54(72)62-33-12-10-27-48(66-52(70)38(2)60-4)58(76)68-35-17-31-50(68)56(74)64-46-29-15-21-40-19-6-8-25-44(40)46/h5-8,13,18-19,22-25,36-38,45-50,59-60H,9-12,14-17,20-21,26-35H2,1-4H3,(H,61,71)(H,62,72)(H,63,73)(H,64,74)(H,65,69)(H,66,70)/t37-,38-,45+,46+,47-,48-,49-,50-/m0/s1. The summed E-state index contributed by atoms with van der Waals surface area (Å²) < 4.78 is 0. The van der Waals surface area contributed by atoms with Crippen molar-refractivity contribution in [3.63, 3.8) is 0 Å². The number of nitrogens with zero attached hydrogens (tertiary/aromatic N) is 2. The number of aryl methyl sites for hydroxylation is 2. The third kappa shape index (κ3) is 14.8. The number of carbonyl (C=O) groups excluding carboxylic acids is 8. The number of amides is 8. The summed E-state index contributed by atoms with van der Waals surface area (Å²) in [7, 11) is 3.34. The average Bonchev–Trinajstić information content (AvgIpc) is 4.16. The average molecular weight is 1050 g/mol. The molecule has 2 saturated heterocycles. The third-order valence-corrected chi connectivity index (χ3v) is 15.7.